The molecule has 0 bridgehead atoms. The quantitative estimate of drug-likeness (QED) is 0.936. The zero-order chi connectivity index (χ0) is 13.2. The molecule has 0 aliphatic heterocycles. The molecule has 0 unspecified atom stereocenters. The monoisotopic (exact) mass is 329 g/mol. The minimum Gasteiger partial charge on any atom is -0.334 e. The van der Waals surface area contributed by atoms with Gasteiger partial charge in [0.05, 0.1) is 5.69 Å². The SMILES string of the molecule is CCN(c1ccc(Br)cc1)S(=O)(=O)c1ncc[nH]1. The lowest BCUT2D eigenvalue weighted by Gasteiger charge is -2.21. The van der Waals surface area contributed by atoms with Crippen molar-refractivity contribution in [2.24, 2.45) is 0 Å². The first-order chi connectivity index (χ1) is 8.55. The van der Waals surface area contributed by atoms with Crippen LogP contribution < -0.4 is 4.31 Å². The van der Waals surface area contributed by atoms with Gasteiger partial charge in [-0.3, -0.25) is 4.31 Å². The third-order valence-corrected chi connectivity index (χ3v) is 4.70. The summed E-state index contributed by atoms with van der Waals surface area (Å²) in [6, 6.07) is 7.09. The van der Waals surface area contributed by atoms with Crippen LogP contribution in [0, 0.1) is 0 Å². The van der Waals surface area contributed by atoms with E-state index in [1.807, 2.05) is 0 Å². The van der Waals surface area contributed by atoms with Gasteiger partial charge in [0.25, 0.3) is 10.0 Å². The summed E-state index contributed by atoms with van der Waals surface area (Å²) in [6.45, 7) is 2.12. The molecule has 2 aromatic rings. The van der Waals surface area contributed by atoms with Gasteiger partial charge in [-0.2, -0.15) is 8.42 Å². The number of sulfonamides is 1. The molecular formula is C11H12BrN3O2S. The van der Waals surface area contributed by atoms with Crippen molar-refractivity contribution in [3.8, 4) is 0 Å². The van der Waals surface area contributed by atoms with Crippen LogP contribution in [-0.4, -0.2) is 24.9 Å². The summed E-state index contributed by atoms with van der Waals surface area (Å²) in [4.78, 5) is 6.43. The summed E-state index contributed by atoms with van der Waals surface area (Å²) < 4.78 is 26.9. The Hall–Kier alpha value is -1.34. The third-order valence-electron chi connectivity index (χ3n) is 2.41. The lowest BCUT2D eigenvalue weighted by molar-refractivity contribution is 0.584. The maximum atomic E-state index is 12.3. The molecule has 1 N–H and O–H groups in total. The fourth-order valence-corrected chi connectivity index (χ4v) is 3.22. The highest BCUT2D eigenvalue weighted by molar-refractivity contribution is 9.10. The fraction of sp³-hybridized carbons (Fsp3) is 0.182. The van der Waals surface area contributed by atoms with E-state index in [1.54, 1.807) is 31.2 Å². The summed E-state index contributed by atoms with van der Waals surface area (Å²) >= 11 is 3.32. The summed E-state index contributed by atoms with van der Waals surface area (Å²) in [5.41, 5.74) is 0.608. The minimum atomic E-state index is -3.62. The molecule has 0 fully saturated rings. The highest BCUT2D eigenvalue weighted by Crippen LogP contribution is 2.23. The van der Waals surface area contributed by atoms with Crippen LogP contribution in [0.1, 0.15) is 6.92 Å². The molecule has 5 nitrogen and oxygen atoms in total. The van der Waals surface area contributed by atoms with Gasteiger partial charge in [-0.1, -0.05) is 15.9 Å². The van der Waals surface area contributed by atoms with E-state index in [2.05, 4.69) is 25.9 Å². The number of H-pyrrole nitrogens is 1. The minimum absolute atomic E-state index is 0.0488. The van der Waals surface area contributed by atoms with Crippen molar-refractivity contribution in [3.63, 3.8) is 0 Å². The zero-order valence-electron chi connectivity index (χ0n) is 9.67. The van der Waals surface area contributed by atoms with Crippen LogP contribution in [0.25, 0.3) is 0 Å². The van der Waals surface area contributed by atoms with Gasteiger partial charge in [0.2, 0.25) is 5.16 Å². The maximum Gasteiger partial charge on any atom is 0.298 e. The zero-order valence-corrected chi connectivity index (χ0v) is 12.1. The number of aromatic amines is 1. The fourth-order valence-electron chi connectivity index (χ4n) is 1.59. The Balaban J connectivity index is 2.43. The van der Waals surface area contributed by atoms with E-state index >= 15 is 0 Å². The lowest BCUT2D eigenvalue weighted by atomic mass is 10.3. The number of imidazole rings is 1. The number of hydrogen-bond acceptors (Lipinski definition) is 3. The smallest absolute Gasteiger partial charge is 0.298 e. The summed E-state index contributed by atoms with van der Waals surface area (Å²) in [7, 11) is -3.62. The van der Waals surface area contributed by atoms with Crippen molar-refractivity contribution in [1.82, 2.24) is 9.97 Å². The number of halogens is 1. The predicted octanol–water partition coefficient (Wildman–Crippen LogP) is 2.39. The number of aromatic nitrogens is 2. The number of nitrogens with zero attached hydrogens (tertiary/aromatic N) is 2. The van der Waals surface area contributed by atoms with Crippen LogP contribution >= 0.6 is 15.9 Å². The highest BCUT2D eigenvalue weighted by Gasteiger charge is 2.25. The summed E-state index contributed by atoms with van der Waals surface area (Å²) in [5, 5.41) is -0.0488. The highest BCUT2D eigenvalue weighted by atomic mass is 79.9. The van der Waals surface area contributed by atoms with E-state index in [4.69, 9.17) is 0 Å². The van der Waals surface area contributed by atoms with Crippen LogP contribution in [0.15, 0.2) is 46.3 Å². The molecule has 0 radical (unpaired) electrons. The van der Waals surface area contributed by atoms with Gasteiger partial charge in [0, 0.05) is 23.4 Å². The van der Waals surface area contributed by atoms with E-state index in [0.29, 0.717) is 12.2 Å². The van der Waals surface area contributed by atoms with Crippen molar-refractivity contribution in [2.75, 3.05) is 10.8 Å². The topological polar surface area (TPSA) is 66.1 Å². The van der Waals surface area contributed by atoms with Crippen LogP contribution in [-0.2, 0) is 10.0 Å². The molecule has 0 aliphatic carbocycles. The molecule has 0 saturated heterocycles. The Morgan fingerprint density at radius 2 is 2.00 bits per heavy atom. The number of benzene rings is 1. The molecule has 1 heterocycles. The van der Waals surface area contributed by atoms with Crippen LogP contribution in [0.2, 0.25) is 0 Å². The summed E-state index contributed by atoms with van der Waals surface area (Å²) in [5.74, 6) is 0. The lowest BCUT2D eigenvalue weighted by Crippen LogP contribution is -2.31. The molecule has 7 heteroatoms. The second kappa shape index (κ2) is 5.11. The van der Waals surface area contributed by atoms with Crippen molar-refractivity contribution in [3.05, 3.63) is 41.1 Å². The Morgan fingerprint density at radius 1 is 1.33 bits per heavy atom. The largest absolute Gasteiger partial charge is 0.334 e. The number of nitrogens with one attached hydrogen (secondary N) is 1. The number of anilines is 1. The Bertz CT molecular complexity index is 608. The van der Waals surface area contributed by atoms with Gasteiger partial charge < -0.3 is 4.98 Å². The van der Waals surface area contributed by atoms with Crippen LogP contribution in [0.5, 0.6) is 0 Å². The first kappa shape index (κ1) is 13.1. The van der Waals surface area contributed by atoms with Crippen molar-refractivity contribution >= 4 is 31.6 Å². The van der Waals surface area contributed by atoms with Gasteiger partial charge in [-0.15, -0.1) is 0 Å². The van der Waals surface area contributed by atoms with E-state index in [-0.39, 0.29) is 5.16 Å². The molecule has 1 aromatic carbocycles. The predicted molar refractivity (Wildman–Crippen MR) is 72.9 cm³/mol. The third kappa shape index (κ3) is 2.41. The first-order valence-corrected chi connectivity index (χ1v) is 7.56. The molecule has 0 aliphatic rings. The number of hydrogen-bond donors (Lipinski definition) is 1. The molecule has 0 spiro atoms. The van der Waals surface area contributed by atoms with Crippen molar-refractivity contribution in [2.45, 2.75) is 12.1 Å². The molecule has 0 saturated carbocycles. The molecular weight excluding hydrogens is 318 g/mol. The molecule has 0 atom stereocenters. The first-order valence-electron chi connectivity index (χ1n) is 5.33. The second-order valence-corrected chi connectivity index (χ2v) is 6.23. The van der Waals surface area contributed by atoms with Crippen molar-refractivity contribution in [1.29, 1.82) is 0 Å². The average Bonchev–Trinajstić information content (AvgIpc) is 2.86. The molecule has 96 valence electrons. The normalized spacial score (nSPS) is 11.4. The molecule has 1 aromatic heterocycles. The van der Waals surface area contributed by atoms with Gasteiger partial charge in [-0.05, 0) is 31.2 Å². The molecule has 2 rings (SSSR count). The van der Waals surface area contributed by atoms with E-state index in [1.165, 1.54) is 16.7 Å². The van der Waals surface area contributed by atoms with Crippen LogP contribution in [0.4, 0.5) is 5.69 Å². The van der Waals surface area contributed by atoms with Gasteiger partial charge >= 0.3 is 0 Å². The van der Waals surface area contributed by atoms with Gasteiger partial charge in [-0.25, -0.2) is 4.98 Å². The Labute approximate surface area is 114 Å². The Kier molecular flexibility index (Phi) is 3.72. The molecule has 18 heavy (non-hydrogen) atoms. The maximum absolute atomic E-state index is 12.3. The molecule has 0 amide bonds. The van der Waals surface area contributed by atoms with Crippen LogP contribution in [0.3, 0.4) is 0 Å². The van der Waals surface area contributed by atoms with E-state index in [9.17, 15) is 8.42 Å². The average molecular weight is 330 g/mol. The van der Waals surface area contributed by atoms with Crippen molar-refractivity contribution < 1.29 is 8.42 Å². The van der Waals surface area contributed by atoms with Gasteiger partial charge in [0.1, 0.15) is 0 Å². The number of rotatable bonds is 4. The Morgan fingerprint density at radius 3 is 2.50 bits per heavy atom. The standard InChI is InChI=1S/C11H12BrN3O2S/c1-2-15(10-5-3-9(12)4-6-10)18(16,17)11-13-7-8-14-11/h3-8H,2H2,1H3,(H,13,14). The van der Waals surface area contributed by atoms with Gasteiger partial charge in [0.15, 0.2) is 0 Å². The summed E-state index contributed by atoms with van der Waals surface area (Å²) in [6.07, 6.45) is 2.91. The van der Waals surface area contributed by atoms with E-state index in [0.717, 1.165) is 4.47 Å². The second-order valence-electron chi connectivity index (χ2n) is 3.54. The van der Waals surface area contributed by atoms with E-state index < -0.39 is 10.0 Å².